The number of ether oxygens (including phenoxy) is 1. The number of thiazole rings is 1. The Labute approximate surface area is 186 Å². The van der Waals surface area contributed by atoms with Crippen LogP contribution in [0.25, 0.3) is 0 Å². The number of hydrogen-bond acceptors (Lipinski definition) is 6. The van der Waals surface area contributed by atoms with E-state index in [2.05, 4.69) is 20.4 Å². The average Bonchev–Trinajstić information content (AvgIpc) is 3.35. The Bertz CT molecular complexity index is 1080. The molecule has 0 spiro atoms. The van der Waals surface area contributed by atoms with Crippen molar-refractivity contribution in [1.29, 1.82) is 0 Å². The van der Waals surface area contributed by atoms with E-state index in [1.54, 1.807) is 0 Å². The van der Waals surface area contributed by atoms with Crippen molar-refractivity contribution in [2.24, 2.45) is 0 Å². The number of carbonyl (C=O) groups excluding carboxylic acids is 1. The molecule has 0 saturated heterocycles. The third-order valence-corrected chi connectivity index (χ3v) is 8.16. The van der Waals surface area contributed by atoms with Crippen LogP contribution in [0.2, 0.25) is 0 Å². The summed E-state index contributed by atoms with van der Waals surface area (Å²) in [6, 6.07) is 3.94. The number of hydrogen-bond donors (Lipinski definition) is 2. The molecule has 13 heteroatoms. The smallest absolute Gasteiger partial charge is 0.406 e. The van der Waals surface area contributed by atoms with Gasteiger partial charge in [-0.1, -0.05) is 24.2 Å². The molecule has 174 valence electrons. The molecule has 0 bridgehead atoms. The number of rotatable bonds is 5. The molecule has 0 radical (unpaired) electrons. The molecule has 1 aromatic carbocycles. The zero-order chi connectivity index (χ0) is 22.9. The van der Waals surface area contributed by atoms with Crippen LogP contribution in [0.4, 0.5) is 23.1 Å². The molecule has 1 aromatic heterocycles. The van der Waals surface area contributed by atoms with Gasteiger partial charge in [-0.25, -0.2) is 18.2 Å². The fourth-order valence-corrected chi connectivity index (χ4v) is 6.29. The minimum atomic E-state index is -4.85. The van der Waals surface area contributed by atoms with E-state index >= 15 is 0 Å². The van der Waals surface area contributed by atoms with E-state index in [1.807, 2.05) is 0 Å². The molecule has 2 amide bonds. The van der Waals surface area contributed by atoms with Gasteiger partial charge in [0.05, 0.1) is 17.1 Å². The number of halogens is 3. The highest BCUT2D eigenvalue weighted by atomic mass is 32.2. The van der Waals surface area contributed by atoms with E-state index in [-0.39, 0.29) is 30.1 Å². The zero-order valence-corrected chi connectivity index (χ0v) is 18.4. The number of nitrogens with one attached hydrogen (secondary N) is 2. The van der Waals surface area contributed by atoms with E-state index in [4.69, 9.17) is 0 Å². The number of sulfonamides is 1. The average molecular weight is 491 g/mol. The zero-order valence-electron chi connectivity index (χ0n) is 16.8. The van der Waals surface area contributed by atoms with Gasteiger partial charge >= 0.3 is 12.4 Å². The molecule has 2 aromatic rings. The van der Waals surface area contributed by atoms with Crippen molar-refractivity contribution in [2.75, 3.05) is 11.9 Å². The molecule has 1 aliphatic heterocycles. The van der Waals surface area contributed by atoms with Crippen molar-refractivity contribution < 1.29 is 31.1 Å². The van der Waals surface area contributed by atoms with Crippen LogP contribution in [0.3, 0.4) is 0 Å². The monoisotopic (exact) mass is 490 g/mol. The van der Waals surface area contributed by atoms with Crippen molar-refractivity contribution in [3.05, 3.63) is 34.8 Å². The highest BCUT2D eigenvalue weighted by Gasteiger charge is 2.33. The summed E-state index contributed by atoms with van der Waals surface area (Å²) in [5, 5.41) is 6.03. The number of benzene rings is 1. The van der Waals surface area contributed by atoms with Crippen molar-refractivity contribution in [3.8, 4) is 5.75 Å². The Hall–Kier alpha value is -2.38. The van der Waals surface area contributed by atoms with Gasteiger partial charge in [-0.05, 0) is 37.1 Å². The predicted octanol–water partition coefficient (Wildman–Crippen LogP) is 3.85. The number of alkyl halides is 3. The topological polar surface area (TPSA) is 101 Å². The second-order valence-corrected chi connectivity index (χ2v) is 10.6. The molecular weight excluding hydrogens is 469 g/mol. The van der Waals surface area contributed by atoms with Crippen LogP contribution in [0.5, 0.6) is 5.75 Å². The molecular formula is C19H21F3N4O4S2. The van der Waals surface area contributed by atoms with Gasteiger partial charge in [-0.15, -0.1) is 13.2 Å². The summed E-state index contributed by atoms with van der Waals surface area (Å²) in [5.74, 6) is -0.494. The molecule has 4 rings (SSSR count). The van der Waals surface area contributed by atoms with Crippen molar-refractivity contribution in [1.82, 2.24) is 14.6 Å². The number of amides is 2. The van der Waals surface area contributed by atoms with Gasteiger partial charge in [0.15, 0.2) is 5.13 Å². The van der Waals surface area contributed by atoms with E-state index in [0.29, 0.717) is 16.4 Å². The summed E-state index contributed by atoms with van der Waals surface area (Å²) in [6.45, 7) is 0.246. The first-order valence-electron chi connectivity index (χ1n) is 10.0. The lowest BCUT2D eigenvalue weighted by atomic mass is 10.2. The summed E-state index contributed by atoms with van der Waals surface area (Å²) in [4.78, 5) is 17.1. The third-order valence-electron chi connectivity index (χ3n) is 5.30. The first-order chi connectivity index (χ1) is 15.1. The summed E-state index contributed by atoms with van der Waals surface area (Å²) in [7, 11) is -3.92. The SMILES string of the molecule is O=C(Nc1nc2c(s1)CN(S(=O)(=O)c1ccc(OC(F)(F)F)cc1)CC2)NC1CCCC1. The van der Waals surface area contributed by atoms with Crippen molar-refractivity contribution in [3.63, 3.8) is 0 Å². The summed E-state index contributed by atoms with van der Waals surface area (Å²) < 4.78 is 67.8. The highest BCUT2D eigenvalue weighted by molar-refractivity contribution is 7.89. The van der Waals surface area contributed by atoms with Crippen LogP contribution in [0.15, 0.2) is 29.2 Å². The van der Waals surface area contributed by atoms with Crippen LogP contribution in [-0.2, 0) is 23.0 Å². The maximum absolute atomic E-state index is 12.9. The minimum absolute atomic E-state index is 0.0715. The lowest BCUT2D eigenvalue weighted by Gasteiger charge is -2.25. The fourth-order valence-electron chi connectivity index (χ4n) is 3.78. The fraction of sp³-hybridized carbons (Fsp3) is 0.474. The third kappa shape index (κ3) is 5.33. The van der Waals surface area contributed by atoms with Crippen LogP contribution in [0, 0.1) is 0 Å². The predicted molar refractivity (Wildman–Crippen MR) is 111 cm³/mol. The van der Waals surface area contributed by atoms with E-state index in [0.717, 1.165) is 55.6 Å². The number of nitrogens with zero attached hydrogens (tertiary/aromatic N) is 2. The van der Waals surface area contributed by atoms with Gasteiger partial charge in [0.25, 0.3) is 0 Å². The Balaban J connectivity index is 1.41. The molecule has 32 heavy (non-hydrogen) atoms. The Morgan fingerprint density at radius 1 is 1.19 bits per heavy atom. The molecule has 2 N–H and O–H groups in total. The number of carbonyl (C=O) groups is 1. The molecule has 1 saturated carbocycles. The molecule has 1 aliphatic carbocycles. The van der Waals surface area contributed by atoms with Gasteiger partial charge in [0.2, 0.25) is 10.0 Å². The van der Waals surface area contributed by atoms with Crippen LogP contribution < -0.4 is 15.4 Å². The minimum Gasteiger partial charge on any atom is -0.406 e. The lowest BCUT2D eigenvalue weighted by Crippen LogP contribution is -2.36. The molecule has 1 fully saturated rings. The largest absolute Gasteiger partial charge is 0.573 e. The Morgan fingerprint density at radius 3 is 2.53 bits per heavy atom. The van der Waals surface area contributed by atoms with Crippen LogP contribution in [0.1, 0.15) is 36.3 Å². The van der Waals surface area contributed by atoms with Gasteiger partial charge in [-0.2, -0.15) is 4.31 Å². The normalized spacial score (nSPS) is 17.7. The summed E-state index contributed by atoms with van der Waals surface area (Å²) in [6.07, 6.45) is -0.380. The molecule has 0 unspecified atom stereocenters. The van der Waals surface area contributed by atoms with Crippen LogP contribution in [-0.4, -0.2) is 42.7 Å². The van der Waals surface area contributed by atoms with E-state index in [1.165, 1.54) is 15.6 Å². The second kappa shape index (κ2) is 8.87. The first kappa shape index (κ1) is 22.8. The Morgan fingerprint density at radius 2 is 1.88 bits per heavy atom. The van der Waals surface area contributed by atoms with Gasteiger partial charge < -0.3 is 10.1 Å². The molecule has 2 heterocycles. The summed E-state index contributed by atoms with van der Waals surface area (Å²) >= 11 is 1.21. The lowest BCUT2D eigenvalue weighted by molar-refractivity contribution is -0.274. The van der Waals surface area contributed by atoms with E-state index in [9.17, 15) is 26.4 Å². The maximum Gasteiger partial charge on any atom is 0.573 e. The molecule has 0 atom stereocenters. The number of urea groups is 1. The highest BCUT2D eigenvalue weighted by Crippen LogP contribution is 2.32. The number of fused-ring (bicyclic) bond motifs is 1. The van der Waals surface area contributed by atoms with Crippen molar-refractivity contribution in [2.45, 2.75) is 55.9 Å². The van der Waals surface area contributed by atoms with Gasteiger partial charge in [0, 0.05) is 23.9 Å². The standard InChI is InChI=1S/C19H21F3N4O4S2/c20-19(21,22)30-13-5-7-14(8-6-13)32(28,29)26-10-9-15-16(11-26)31-18(24-15)25-17(27)23-12-3-1-2-4-12/h5-8,12H,1-4,9-11H2,(H2,23,24,25,27). The Kier molecular flexibility index (Phi) is 6.32. The second-order valence-electron chi connectivity index (χ2n) is 7.58. The quantitative estimate of drug-likeness (QED) is 0.663. The first-order valence-corrected chi connectivity index (χ1v) is 12.3. The van der Waals surface area contributed by atoms with Crippen molar-refractivity contribution >= 4 is 32.5 Å². The van der Waals surface area contributed by atoms with Gasteiger partial charge in [0.1, 0.15) is 5.75 Å². The van der Waals surface area contributed by atoms with Crippen LogP contribution >= 0.6 is 11.3 Å². The maximum atomic E-state index is 12.9. The van der Waals surface area contributed by atoms with E-state index < -0.39 is 22.1 Å². The molecule has 2 aliphatic rings. The van der Waals surface area contributed by atoms with Gasteiger partial charge in [-0.3, -0.25) is 5.32 Å². The number of aromatic nitrogens is 1. The summed E-state index contributed by atoms with van der Waals surface area (Å²) in [5.41, 5.74) is 0.728. The number of anilines is 1. The molecule has 8 nitrogen and oxygen atoms in total.